The number of anilines is 1. The molecule has 1 unspecified atom stereocenters. The predicted molar refractivity (Wildman–Crippen MR) is 86.6 cm³/mol. The highest BCUT2D eigenvalue weighted by Gasteiger charge is 2.37. The van der Waals surface area contributed by atoms with Gasteiger partial charge in [0.25, 0.3) is 0 Å². The highest BCUT2D eigenvalue weighted by molar-refractivity contribution is 7.91. The number of carbonyl (C=O) groups excluding carboxylic acids is 1. The summed E-state index contributed by atoms with van der Waals surface area (Å²) in [6.07, 6.45) is -1.87. The molecule has 8 nitrogen and oxygen atoms in total. The summed E-state index contributed by atoms with van der Waals surface area (Å²) in [4.78, 5) is 15.9. The Kier molecular flexibility index (Phi) is 4.48. The van der Waals surface area contributed by atoms with Crippen molar-refractivity contribution in [2.24, 2.45) is 9.50 Å². The lowest BCUT2D eigenvalue weighted by Crippen LogP contribution is -2.20. The maximum atomic E-state index is 13.2. The number of nitrogens with one attached hydrogen (secondary N) is 2. The standard InChI is InChI=1S/C14H15F3N6O2S/c1-7-11(8-3-2-4-9(8)20-12(7)14(15,16)17)21-13(24)23-26(18,25)10-5-6-19-22-10/h5-6H,2-4H2,1H3,(H,19,22)(H3,18,20,21,23,24,25). The maximum Gasteiger partial charge on any atom is 0.433 e. The molecule has 26 heavy (non-hydrogen) atoms. The van der Waals surface area contributed by atoms with Crippen molar-refractivity contribution >= 4 is 21.6 Å². The summed E-state index contributed by atoms with van der Waals surface area (Å²) in [6, 6.07) is 0.180. The summed E-state index contributed by atoms with van der Waals surface area (Å²) in [5.41, 5.74) is -0.458. The Hall–Kier alpha value is -2.47. The zero-order valence-corrected chi connectivity index (χ0v) is 14.4. The summed E-state index contributed by atoms with van der Waals surface area (Å²) in [6.45, 7) is 1.22. The zero-order valence-electron chi connectivity index (χ0n) is 13.6. The molecule has 0 radical (unpaired) electrons. The number of hydrogen-bond donors (Lipinski definition) is 3. The van der Waals surface area contributed by atoms with Crippen molar-refractivity contribution in [3.8, 4) is 0 Å². The minimum absolute atomic E-state index is 0.00612. The van der Waals surface area contributed by atoms with Crippen LogP contribution >= 0.6 is 0 Å². The van der Waals surface area contributed by atoms with Gasteiger partial charge in [0.1, 0.15) is 10.7 Å². The number of alkyl halides is 3. The minimum Gasteiger partial charge on any atom is -0.305 e. The van der Waals surface area contributed by atoms with E-state index < -0.39 is 27.8 Å². The SMILES string of the molecule is Cc1c(C(F)(F)F)nc2c(c1NC(=O)N=S(N)(=O)c1ccn[nH]1)CCC2. The number of aromatic nitrogens is 3. The number of rotatable bonds is 2. The van der Waals surface area contributed by atoms with Gasteiger partial charge in [0.2, 0.25) is 0 Å². The van der Waals surface area contributed by atoms with Crippen LogP contribution in [0.15, 0.2) is 21.7 Å². The number of amides is 2. The molecule has 0 fully saturated rings. The van der Waals surface area contributed by atoms with Crippen molar-refractivity contribution in [1.29, 1.82) is 0 Å². The van der Waals surface area contributed by atoms with Crippen LogP contribution in [0.5, 0.6) is 0 Å². The number of fused-ring (bicyclic) bond motifs is 1. The molecule has 2 aromatic heterocycles. The van der Waals surface area contributed by atoms with E-state index in [1.165, 1.54) is 19.2 Å². The average Bonchev–Trinajstić information content (AvgIpc) is 3.18. The van der Waals surface area contributed by atoms with Gasteiger partial charge in [0.15, 0.2) is 9.92 Å². The molecular weight excluding hydrogens is 373 g/mol. The molecule has 0 spiro atoms. The van der Waals surface area contributed by atoms with Crippen LogP contribution in [-0.4, -0.2) is 25.4 Å². The van der Waals surface area contributed by atoms with E-state index >= 15 is 0 Å². The Morgan fingerprint density at radius 2 is 2.15 bits per heavy atom. The first-order valence-electron chi connectivity index (χ1n) is 7.54. The van der Waals surface area contributed by atoms with Crippen LogP contribution in [0.25, 0.3) is 0 Å². The van der Waals surface area contributed by atoms with Gasteiger partial charge in [-0.3, -0.25) is 5.10 Å². The van der Waals surface area contributed by atoms with Gasteiger partial charge in [0.05, 0.1) is 11.9 Å². The molecule has 1 atom stereocenters. The van der Waals surface area contributed by atoms with Crippen LogP contribution in [0.3, 0.4) is 0 Å². The van der Waals surface area contributed by atoms with Crippen molar-refractivity contribution in [3.63, 3.8) is 0 Å². The molecule has 0 aromatic carbocycles. The molecule has 1 aliphatic rings. The van der Waals surface area contributed by atoms with Crippen LogP contribution in [0.2, 0.25) is 0 Å². The van der Waals surface area contributed by atoms with Crippen molar-refractivity contribution in [1.82, 2.24) is 15.2 Å². The molecule has 4 N–H and O–H groups in total. The number of hydrogen-bond acceptors (Lipinski definition) is 4. The van der Waals surface area contributed by atoms with E-state index in [2.05, 4.69) is 24.9 Å². The molecular formula is C14H15F3N6O2S. The second-order valence-electron chi connectivity index (χ2n) is 5.75. The first-order valence-corrected chi connectivity index (χ1v) is 9.12. The zero-order chi connectivity index (χ0) is 19.1. The van der Waals surface area contributed by atoms with Gasteiger partial charge in [0, 0.05) is 11.3 Å². The Morgan fingerprint density at radius 3 is 2.77 bits per heavy atom. The van der Waals surface area contributed by atoms with E-state index in [1.54, 1.807) is 0 Å². The Balaban J connectivity index is 2.02. The van der Waals surface area contributed by atoms with Gasteiger partial charge in [-0.15, -0.1) is 4.36 Å². The van der Waals surface area contributed by atoms with E-state index in [1.807, 2.05) is 0 Å². The van der Waals surface area contributed by atoms with E-state index in [9.17, 15) is 22.2 Å². The van der Waals surface area contributed by atoms with E-state index in [4.69, 9.17) is 5.14 Å². The van der Waals surface area contributed by atoms with Gasteiger partial charge in [-0.1, -0.05) is 0 Å². The maximum absolute atomic E-state index is 13.2. The second-order valence-corrected chi connectivity index (χ2v) is 7.51. The van der Waals surface area contributed by atoms with Gasteiger partial charge in [-0.05, 0) is 37.8 Å². The molecule has 2 aromatic rings. The Bertz CT molecular complexity index is 978. The molecule has 2 heterocycles. The van der Waals surface area contributed by atoms with Crippen LogP contribution in [-0.2, 0) is 28.9 Å². The summed E-state index contributed by atoms with van der Waals surface area (Å²) in [7, 11) is -3.59. The fourth-order valence-electron chi connectivity index (χ4n) is 2.84. The number of pyridine rings is 1. The van der Waals surface area contributed by atoms with Crippen molar-refractivity contribution in [2.75, 3.05) is 5.32 Å². The third-order valence-electron chi connectivity index (χ3n) is 3.98. The largest absolute Gasteiger partial charge is 0.433 e. The van der Waals surface area contributed by atoms with Crippen molar-refractivity contribution < 1.29 is 22.2 Å². The molecule has 0 aliphatic heterocycles. The summed E-state index contributed by atoms with van der Waals surface area (Å²) >= 11 is 0. The predicted octanol–water partition coefficient (Wildman–Crippen LogP) is 2.55. The van der Waals surface area contributed by atoms with Crippen LogP contribution in [0.4, 0.5) is 23.7 Å². The lowest BCUT2D eigenvalue weighted by molar-refractivity contribution is -0.141. The number of aromatic amines is 1. The topological polar surface area (TPSA) is 126 Å². The second kappa shape index (κ2) is 6.36. The molecule has 3 rings (SSSR count). The summed E-state index contributed by atoms with van der Waals surface area (Å²) in [5, 5.41) is 13.7. The summed E-state index contributed by atoms with van der Waals surface area (Å²) in [5.74, 6) is 0. The third-order valence-corrected chi connectivity index (χ3v) is 5.27. The molecule has 12 heteroatoms. The van der Waals surface area contributed by atoms with Gasteiger partial charge >= 0.3 is 12.2 Å². The molecule has 0 saturated heterocycles. The van der Waals surface area contributed by atoms with Crippen molar-refractivity contribution in [2.45, 2.75) is 37.4 Å². The van der Waals surface area contributed by atoms with Gasteiger partial charge in [-0.2, -0.15) is 18.3 Å². The lowest BCUT2D eigenvalue weighted by atomic mass is 10.1. The number of nitrogens with zero attached hydrogens (tertiary/aromatic N) is 3. The fourth-order valence-corrected chi connectivity index (χ4v) is 3.67. The summed E-state index contributed by atoms with van der Waals surface area (Å²) < 4.78 is 55.3. The smallest absolute Gasteiger partial charge is 0.305 e. The monoisotopic (exact) mass is 388 g/mol. The highest BCUT2D eigenvalue weighted by atomic mass is 32.2. The Morgan fingerprint density at radius 1 is 1.42 bits per heavy atom. The van der Waals surface area contributed by atoms with E-state index in [-0.39, 0.29) is 16.3 Å². The molecule has 2 amide bonds. The van der Waals surface area contributed by atoms with Crippen molar-refractivity contribution in [3.05, 3.63) is 34.8 Å². The minimum atomic E-state index is -4.66. The molecule has 0 saturated carbocycles. The van der Waals surface area contributed by atoms with Crippen LogP contribution < -0.4 is 10.5 Å². The van der Waals surface area contributed by atoms with Gasteiger partial charge in [-0.25, -0.2) is 19.1 Å². The molecule has 0 bridgehead atoms. The molecule has 140 valence electrons. The number of H-pyrrole nitrogens is 1. The Labute approximate surface area is 146 Å². The molecule has 1 aliphatic carbocycles. The first-order chi connectivity index (χ1) is 12.1. The highest BCUT2D eigenvalue weighted by Crippen LogP contribution is 2.38. The number of urea groups is 1. The fraction of sp³-hybridized carbons (Fsp3) is 0.357. The van der Waals surface area contributed by atoms with Gasteiger partial charge < -0.3 is 5.32 Å². The number of nitrogens with two attached hydrogens (primary N) is 1. The average molecular weight is 388 g/mol. The third kappa shape index (κ3) is 3.42. The first kappa shape index (κ1) is 18.3. The van der Waals surface area contributed by atoms with E-state index in [0.717, 1.165) is 0 Å². The van der Waals surface area contributed by atoms with E-state index in [0.29, 0.717) is 30.5 Å². The normalized spacial score (nSPS) is 16.0. The number of aryl methyl sites for hydroxylation is 1. The number of halogens is 3. The number of carbonyl (C=O) groups is 1. The van der Waals surface area contributed by atoms with Crippen LogP contribution in [0, 0.1) is 6.92 Å². The lowest BCUT2D eigenvalue weighted by Gasteiger charge is -2.17. The van der Waals surface area contributed by atoms with Crippen LogP contribution in [0.1, 0.15) is 28.9 Å². The quantitative estimate of drug-likeness (QED) is 0.731.